The Balaban J connectivity index is 2.22. The van der Waals surface area contributed by atoms with Gasteiger partial charge in [0.15, 0.2) is 0 Å². The fraction of sp³-hybridized carbons (Fsp3) is 0.500. The van der Waals surface area contributed by atoms with Crippen molar-refractivity contribution in [2.75, 3.05) is 6.54 Å². The first-order chi connectivity index (χ1) is 8.18. The van der Waals surface area contributed by atoms with Gasteiger partial charge in [-0.25, -0.2) is 0 Å². The Kier molecular flexibility index (Phi) is 4.13. The van der Waals surface area contributed by atoms with E-state index in [1.165, 1.54) is 18.4 Å². The minimum Gasteiger partial charge on any atom is -0.393 e. The molecule has 1 saturated heterocycles. The van der Waals surface area contributed by atoms with Crippen LogP contribution in [-0.4, -0.2) is 22.5 Å². The third-order valence-electron chi connectivity index (χ3n) is 3.58. The maximum atomic E-state index is 5.75. The molecular formula is C14H20N2S. The van der Waals surface area contributed by atoms with Crippen molar-refractivity contribution >= 4 is 17.2 Å². The Labute approximate surface area is 109 Å². The number of thiocarbonyl (C=S) groups is 1. The lowest BCUT2D eigenvalue weighted by molar-refractivity contribution is 0.195. The van der Waals surface area contributed by atoms with Crippen molar-refractivity contribution in [2.45, 2.75) is 38.3 Å². The van der Waals surface area contributed by atoms with E-state index in [0.717, 1.165) is 13.0 Å². The first-order valence-corrected chi connectivity index (χ1v) is 6.68. The van der Waals surface area contributed by atoms with E-state index in [-0.39, 0.29) is 0 Å². The average Bonchev–Trinajstić information content (AvgIpc) is 2.73. The molecule has 2 nitrogen and oxygen atoms in total. The molecule has 2 rings (SSSR count). The highest BCUT2D eigenvalue weighted by Crippen LogP contribution is 2.31. The number of likely N-dealkylation sites (tertiary alicyclic amines) is 1. The molecule has 17 heavy (non-hydrogen) atoms. The van der Waals surface area contributed by atoms with Gasteiger partial charge in [0.2, 0.25) is 0 Å². The molecule has 0 saturated carbocycles. The first kappa shape index (κ1) is 12.5. The smallest absolute Gasteiger partial charge is 0.0746 e. The molecule has 1 aromatic carbocycles. The van der Waals surface area contributed by atoms with Crippen LogP contribution in [0.3, 0.4) is 0 Å². The molecule has 0 aromatic heterocycles. The average molecular weight is 248 g/mol. The molecule has 2 unspecified atom stereocenters. The zero-order valence-electron chi connectivity index (χ0n) is 10.3. The zero-order valence-corrected chi connectivity index (χ0v) is 11.1. The van der Waals surface area contributed by atoms with Gasteiger partial charge in [0.25, 0.3) is 0 Å². The van der Waals surface area contributed by atoms with Gasteiger partial charge in [-0.05, 0) is 31.9 Å². The summed E-state index contributed by atoms with van der Waals surface area (Å²) in [7, 11) is 0. The number of hydrogen-bond acceptors (Lipinski definition) is 2. The van der Waals surface area contributed by atoms with E-state index >= 15 is 0 Å². The fourth-order valence-electron chi connectivity index (χ4n) is 2.71. The molecule has 0 bridgehead atoms. The van der Waals surface area contributed by atoms with Crippen LogP contribution in [0.2, 0.25) is 0 Å². The predicted molar refractivity (Wildman–Crippen MR) is 76.0 cm³/mol. The second kappa shape index (κ2) is 5.61. The summed E-state index contributed by atoms with van der Waals surface area (Å²) in [6.45, 7) is 3.45. The van der Waals surface area contributed by atoms with Gasteiger partial charge in [0, 0.05) is 18.5 Å². The van der Waals surface area contributed by atoms with Crippen LogP contribution in [0, 0.1) is 0 Å². The largest absolute Gasteiger partial charge is 0.393 e. The molecule has 0 aliphatic carbocycles. The van der Waals surface area contributed by atoms with Gasteiger partial charge in [0.1, 0.15) is 0 Å². The van der Waals surface area contributed by atoms with Crippen LogP contribution in [0.5, 0.6) is 0 Å². The Hall–Kier alpha value is -0.930. The van der Waals surface area contributed by atoms with Crippen molar-refractivity contribution in [2.24, 2.45) is 5.73 Å². The Morgan fingerprint density at radius 2 is 2.18 bits per heavy atom. The molecule has 1 aromatic rings. The highest BCUT2D eigenvalue weighted by molar-refractivity contribution is 7.80. The van der Waals surface area contributed by atoms with Crippen LogP contribution in [-0.2, 0) is 0 Å². The summed E-state index contributed by atoms with van der Waals surface area (Å²) in [5.74, 6) is 0. The number of nitrogens with two attached hydrogens (primary N) is 1. The van der Waals surface area contributed by atoms with Crippen molar-refractivity contribution in [3.8, 4) is 0 Å². The zero-order chi connectivity index (χ0) is 12.3. The topological polar surface area (TPSA) is 29.3 Å². The molecule has 0 spiro atoms. The summed E-state index contributed by atoms with van der Waals surface area (Å²) in [6, 6.07) is 11.6. The third kappa shape index (κ3) is 3.05. The van der Waals surface area contributed by atoms with E-state index in [4.69, 9.17) is 18.0 Å². The van der Waals surface area contributed by atoms with E-state index < -0.39 is 0 Å². The SMILES string of the molecule is CC1CCCN1C(CC(N)=S)c1ccccc1. The van der Waals surface area contributed by atoms with Gasteiger partial charge in [-0.2, -0.15) is 0 Å². The number of nitrogens with zero attached hydrogens (tertiary/aromatic N) is 1. The molecule has 0 amide bonds. The Bertz CT molecular complexity index is 377. The van der Waals surface area contributed by atoms with E-state index in [2.05, 4.69) is 42.2 Å². The lowest BCUT2D eigenvalue weighted by Gasteiger charge is -2.31. The normalized spacial score (nSPS) is 22.5. The molecule has 1 aliphatic rings. The monoisotopic (exact) mass is 248 g/mol. The van der Waals surface area contributed by atoms with Gasteiger partial charge in [-0.15, -0.1) is 0 Å². The number of rotatable bonds is 4. The summed E-state index contributed by atoms with van der Waals surface area (Å²) in [5.41, 5.74) is 7.08. The van der Waals surface area contributed by atoms with E-state index in [0.29, 0.717) is 17.1 Å². The van der Waals surface area contributed by atoms with Gasteiger partial charge < -0.3 is 5.73 Å². The van der Waals surface area contributed by atoms with Crippen molar-refractivity contribution in [3.63, 3.8) is 0 Å². The van der Waals surface area contributed by atoms with Crippen LogP contribution in [0.4, 0.5) is 0 Å². The molecule has 1 heterocycles. The van der Waals surface area contributed by atoms with Crippen molar-refractivity contribution in [3.05, 3.63) is 35.9 Å². The molecule has 92 valence electrons. The summed E-state index contributed by atoms with van der Waals surface area (Å²) in [6.07, 6.45) is 3.34. The summed E-state index contributed by atoms with van der Waals surface area (Å²) in [4.78, 5) is 3.15. The van der Waals surface area contributed by atoms with E-state index in [9.17, 15) is 0 Å². The second-order valence-electron chi connectivity index (χ2n) is 4.83. The molecule has 2 atom stereocenters. The molecule has 0 radical (unpaired) electrons. The highest BCUT2D eigenvalue weighted by atomic mass is 32.1. The second-order valence-corrected chi connectivity index (χ2v) is 5.35. The molecule has 1 aliphatic heterocycles. The molecule has 1 fully saturated rings. The quantitative estimate of drug-likeness (QED) is 0.831. The van der Waals surface area contributed by atoms with Crippen LogP contribution in [0.15, 0.2) is 30.3 Å². The van der Waals surface area contributed by atoms with Crippen molar-refractivity contribution < 1.29 is 0 Å². The van der Waals surface area contributed by atoms with Crippen LogP contribution < -0.4 is 5.73 Å². The van der Waals surface area contributed by atoms with Crippen LogP contribution in [0.25, 0.3) is 0 Å². The first-order valence-electron chi connectivity index (χ1n) is 6.27. The molecule has 2 N–H and O–H groups in total. The number of hydrogen-bond donors (Lipinski definition) is 1. The summed E-state index contributed by atoms with van der Waals surface area (Å²) in [5, 5.41) is 0. The maximum absolute atomic E-state index is 5.75. The Morgan fingerprint density at radius 1 is 1.47 bits per heavy atom. The van der Waals surface area contributed by atoms with Crippen molar-refractivity contribution in [1.82, 2.24) is 4.90 Å². The van der Waals surface area contributed by atoms with Gasteiger partial charge in [-0.3, -0.25) is 4.90 Å². The lowest BCUT2D eigenvalue weighted by atomic mass is 10.0. The molecule has 3 heteroatoms. The minimum absolute atomic E-state index is 0.353. The van der Waals surface area contributed by atoms with E-state index in [1.807, 2.05) is 0 Å². The predicted octanol–water partition coefficient (Wildman–Crippen LogP) is 2.89. The van der Waals surface area contributed by atoms with Crippen LogP contribution >= 0.6 is 12.2 Å². The standard InChI is InChI=1S/C14H20N2S/c1-11-6-5-9-16(11)13(10-14(15)17)12-7-3-2-4-8-12/h2-4,7-8,11,13H,5-6,9-10H2,1H3,(H2,15,17). The summed E-state index contributed by atoms with van der Waals surface area (Å²) >= 11 is 5.10. The van der Waals surface area contributed by atoms with Gasteiger partial charge in [-0.1, -0.05) is 42.5 Å². The van der Waals surface area contributed by atoms with Gasteiger partial charge in [0.05, 0.1) is 4.99 Å². The number of benzene rings is 1. The van der Waals surface area contributed by atoms with E-state index in [1.54, 1.807) is 0 Å². The van der Waals surface area contributed by atoms with Crippen molar-refractivity contribution in [1.29, 1.82) is 0 Å². The lowest BCUT2D eigenvalue weighted by Crippen LogP contribution is -2.33. The third-order valence-corrected chi connectivity index (χ3v) is 3.75. The fourth-order valence-corrected chi connectivity index (χ4v) is 2.87. The highest BCUT2D eigenvalue weighted by Gasteiger charge is 2.28. The van der Waals surface area contributed by atoms with Gasteiger partial charge >= 0.3 is 0 Å². The Morgan fingerprint density at radius 3 is 2.71 bits per heavy atom. The minimum atomic E-state index is 0.353. The van der Waals surface area contributed by atoms with Crippen LogP contribution in [0.1, 0.15) is 37.8 Å². The maximum Gasteiger partial charge on any atom is 0.0746 e. The summed E-state index contributed by atoms with van der Waals surface area (Å²) < 4.78 is 0. The molecular weight excluding hydrogens is 228 g/mol.